The maximum atomic E-state index is 14.9. The third kappa shape index (κ3) is 4.70. The van der Waals surface area contributed by atoms with Gasteiger partial charge in [-0.15, -0.1) is 0 Å². The van der Waals surface area contributed by atoms with Crippen molar-refractivity contribution in [2.75, 3.05) is 24.3 Å². The van der Waals surface area contributed by atoms with Crippen molar-refractivity contribution in [2.45, 2.75) is 24.1 Å². The van der Waals surface area contributed by atoms with Crippen LogP contribution >= 0.6 is 0 Å². The summed E-state index contributed by atoms with van der Waals surface area (Å²) in [6, 6.07) is 13.7. The van der Waals surface area contributed by atoms with Gasteiger partial charge in [-0.3, -0.25) is 4.79 Å². The summed E-state index contributed by atoms with van der Waals surface area (Å²) in [5.41, 5.74) is -9.99. The fraction of sp³-hybridized carbons (Fsp3) is 0.188. The molecule has 1 aromatic heterocycles. The second-order valence-corrected chi connectivity index (χ2v) is 10.9. The number of hydrogen-bond acceptors (Lipinski definition) is 5. The van der Waals surface area contributed by atoms with E-state index in [-0.39, 0.29) is 28.7 Å². The van der Waals surface area contributed by atoms with E-state index in [0.29, 0.717) is 6.07 Å². The Morgan fingerprint density at radius 3 is 2.07 bits per heavy atom. The summed E-state index contributed by atoms with van der Waals surface area (Å²) in [6.45, 7) is 0. The highest BCUT2D eigenvalue weighted by Gasteiger charge is 2.60. The number of aliphatic hydroxyl groups is 1. The first-order chi connectivity index (χ1) is 21.3. The lowest BCUT2D eigenvalue weighted by molar-refractivity contribution is -0.248. The standard InChI is InChI=1S/C32H20F9N3O2/c1-44(2)16-8-11-23-21(12-16)29(46,32(39,40)41)22-13-19(28(45)31(36,37)38)25-18(26(22)42-23)10-9-17-20(30(33,34)35)14-24(43-27(17)25)15-6-4-3-5-7-15/h3-14,42,46H,1-2H3. The molecular formula is C32H20F9N3O2. The van der Waals surface area contributed by atoms with Gasteiger partial charge in [0.05, 0.1) is 22.5 Å². The maximum absolute atomic E-state index is 14.9. The lowest BCUT2D eigenvalue weighted by atomic mass is 9.77. The van der Waals surface area contributed by atoms with Crippen LogP contribution in [0.4, 0.5) is 56.6 Å². The Morgan fingerprint density at radius 2 is 1.48 bits per heavy atom. The average Bonchev–Trinajstić information content (AvgIpc) is 2.98. The summed E-state index contributed by atoms with van der Waals surface area (Å²) in [5.74, 6) is -2.63. The normalized spacial score (nSPS) is 16.6. The molecule has 0 radical (unpaired) electrons. The van der Waals surface area contributed by atoms with Gasteiger partial charge in [0.1, 0.15) is 0 Å². The minimum absolute atomic E-state index is 0.156. The first kappa shape index (κ1) is 31.1. The Morgan fingerprint density at radius 1 is 0.826 bits per heavy atom. The van der Waals surface area contributed by atoms with Gasteiger partial charge in [-0.05, 0) is 30.3 Å². The van der Waals surface area contributed by atoms with Gasteiger partial charge < -0.3 is 15.3 Å². The van der Waals surface area contributed by atoms with Gasteiger partial charge in [0.25, 0.3) is 5.78 Å². The number of pyridine rings is 1. The van der Waals surface area contributed by atoms with E-state index in [1.807, 2.05) is 0 Å². The van der Waals surface area contributed by atoms with Gasteiger partial charge in [0, 0.05) is 63.9 Å². The number of carbonyl (C=O) groups is 1. The van der Waals surface area contributed by atoms with Gasteiger partial charge in [-0.25, -0.2) is 4.98 Å². The molecular weight excluding hydrogens is 629 g/mol. The number of aromatic nitrogens is 1. The molecule has 2 N–H and O–H groups in total. The van der Waals surface area contributed by atoms with Crippen molar-refractivity contribution in [3.05, 3.63) is 95.1 Å². The van der Waals surface area contributed by atoms with Crippen molar-refractivity contribution in [3.63, 3.8) is 0 Å². The van der Waals surface area contributed by atoms with E-state index in [0.717, 1.165) is 18.2 Å². The average molecular weight is 650 g/mol. The molecule has 14 heteroatoms. The minimum atomic E-state index is -5.67. The van der Waals surface area contributed by atoms with Gasteiger partial charge in [-0.1, -0.05) is 42.5 Å². The monoisotopic (exact) mass is 649 g/mol. The first-order valence-corrected chi connectivity index (χ1v) is 13.4. The fourth-order valence-corrected chi connectivity index (χ4v) is 5.75. The molecule has 238 valence electrons. The molecule has 0 aliphatic carbocycles. The third-order valence-corrected chi connectivity index (χ3v) is 7.92. The second-order valence-electron chi connectivity index (χ2n) is 10.9. The van der Waals surface area contributed by atoms with E-state index in [2.05, 4.69) is 10.3 Å². The summed E-state index contributed by atoms with van der Waals surface area (Å²) in [5, 5.41) is 12.3. The highest BCUT2D eigenvalue weighted by atomic mass is 19.4. The zero-order valence-corrected chi connectivity index (χ0v) is 23.6. The molecule has 5 aromatic rings. The number of hydrogen-bond donors (Lipinski definition) is 2. The Labute approximate surface area is 253 Å². The summed E-state index contributed by atoms with van der Waals surface area (Å²) in [4.78, 5) is 18.6. The number of anilines is 3. The number of nitrogens with zero attached hydrogens (tertiary/aromatic N) is 2. The molecule has 1 aliphatic heterocycles. The lowest BCUT2D eigenvalue weighted by Crippen LogP contribution is -2.46. The molecule has 0 spiro atoms. The number of ketones is 1. The Hall–Kier alpha value is -4.85. The predicted octanol–water partition coefficient (Wildman–Crippen LogP) is 8.74. The molecule has 0 fully saturated rings. The van der Waals surface area contributed by atoms with E-state index in [1.165, 1.54) is 55.4 Å². The van der Waals surface area contributed by atoms with E-state index >= 15 is 0 Å². The van der Waals surface area contributed by atoms with Crippen LogP contribution in [0.2, 0.25) is 0 Å². The number of halogens is 9. The third-order valence-electron chi connectivity index (χ3n) is 7.92. The van der Waals surface area contributed by atoms with Crippen LogP contribution < -0.4 is 10.2 Å². The molecule has 1 atom stereocenters. The quantitative estimate of drug-likeness (QED) is 0.116. The molecule has 4 aromatic carbocycles. The van der Waals surface area contributed by atoms with E-state index in [1.54, 1.807) is 6.07 Å². The van der Waals surface area contributed by atoms with Crippen LogP contribution in [-0.4, -0.2) is 42.3 Å². The van der Waals surface area contributed by atoms with Crippen LogP contribution in [0.1, 0.15) is 27.0 Å². The number of rotatable bonds is 3. The number of fused-ring (bicyclic) bond motifs is 6. The fourth-order valence-electron chi connectivity index (χ4n) is 5.75. The summed E-state index contributed by atoms with van der Waals surface area (Å²) < 4.78 is 130. The number of alkyl halides is 9. The van der Waals surface area contributed by atoms with Crippen LogP contribution in [0.15, 0.2) is 72.8 Å². The molecule has 0 bridgehead atoms. The SMILES string of the molecule is CN(C)c1ccc2c(c1)C(O)(C(F)(F)F)c1cc(C(=O)C(F)(F)F)c3c(ccc4c(C(F)(F)F)cc(-c5ccccc5)nc43)c1N2. The van der Waals surface area contributed by atoms with Gasteiger partial charge in [-0.2, -0.15) is 39.5 Å². The number of Topliss-reactive ketones (excluding diaryl/α,β-unsaturated/α-hetero) is 1. The van der Waals surface area contributed by atoms with Crippen molar-refractivity contribution in [1.29, 1.82) is 0 Å². The van der Waals surface area contributed by atoms with Crippen molar-refractivity contribution >= 4 is 44.5 Å². The maximum Gasteiger partial charge on any atom is 0.454 e. The molecule has 5 nitrogen and oxygen atoms in total. The van der Waals surface area contributed by atoms with Crippen molar-refractivity contribution in [3.8, 4) is 11.3 Å². The molecule has 0 saturated carbocycles. The Balaban J connectivity index is 1.82. The summed E-state index contributed by atoms with van der Waals surface area (Å²) in [7, 11) is 3.03. The van der Waals surface area contributed by atoms with Crippen molar-refractivity contribution in [1.82, 2.24) is 4.98 Å². The zero-order chi connectivity index (χ0) is 33.6. The topological polar surface area (TPSA) is 65.5 Å². The van der Waals surface area contributed by atoms with Crippen LogP contribution in [0.3, 0.4) is 0 Å². The van der Waals surface area contributed by atoms with Crippen LogP contribution in [0, 0.1) is 0 Å². The zero-order valence-electron chi connectivity index (χ0n) is 23.6. The van der Waals surface area contributed by atoms with Crippen molar-refractivity contribution in [2.24, 2.45) is 0 Å². The smallest absolute Gasteiger partial charge is 0.378 e. The Kier molecular flexibility index (Phi) is 6.82. The Bertz CT molecular complexity index is 2050. The molecule has 6 rings (SSSR count). The van der Waals surface area contributed by atoms with Gasteiger partial charge in [0.15, 0.2) is 0 Å². The van der Waals surface area contributed by atoms with Crippen molar-refractivity contribution < 1.29 is 49.4 Å². The molecule has 2 heterocycles. The van der Waals surface area contributed by atoms with Gasteiger partial charge in [0.2, 0.25) is 5.60 Å². The number of benzene rings is 4. The highest BCUT2D eigenvalue weighted by Crippen LogP contribution is 2.56. The number of nitrogens with one attached hydrogen (secondary N) is 1. The lowest BCUT2D eigenvalue weighted by Gasteiger charge is -2.39. The minimum Gasteiger partial charge on any atom is -0.378 e. The van der Waals surface area contributed by atoms with Crippen LogP contribution in [-0.2, 0) is 11.8 Å². The molecule has 1 aliphatic rings. The largest absolute Gasteiger partial charge is 0.454 e. The molecule has 0 amide bonds. The number of carbonyl (C=O) groups excluding carboxylic acids is 1. The summed E-state index contributed by atoms with van der Waals surface area (Å²) >= 11 is 0. The molecule has 46 heavy (non-hydrogen) atoms. The highest BCUT2D eigenvalue weighted by molar-refractivity contribution is 6.22. The second kappa shape index (κ2) is 10.1. The molecule has 1 unspecified atom stereocenters. The van der Waals surface area contributed by atoms with Gasteiger partial charge >= 0.3 is 18.5 Å². The van der Waals surface area contributed by atoms with E-state index in [9.17, 15) is 49.4 Å². The van der Waals surface area contributed by atoms with Crippen LogP contribution in [0.25, 0.3) is 32.9 Å². The van der Waals surface area contributed by atoms with Crippen LogP contribution in [0.5, 0.6) is 0 Å². The summed E-state index contributed by atoms with van der Waals surface area (Å²) in [6.07, 6.45) is -16.2. The van der Waals surface area contributed by atoms with E-state index < -0.39 is 79.5 Å². The van der Waals surface area contributed by atoms with E-state index in [4.69, 9.17) is 0 Å². The first-order valence-electron chi connectivity index (χ1n) is 13.4. The predicted molar refractivity (Wildman–Crippen MR) is 153 cm³/mol. The molecule has 0 saturated heterocycles.